The highest BCUT2D eigenvalue weighted by Crippen LogP contribution is 2.12. The van der Waals surface area contributed by atoms with Crippen LogP contribution in [-0.4, -0.2) is 48.3 Å². The summed E-state index contributed by atoms with van der Waals surface area (Å²) in [7, 11) is 0. The van der Waals surface area contributed by atoms with E-state index in [1.54, 1.807) is 6.20 Å². The molecule has 0 amide bonds. The van der Waals surface area contributed by atoms with Gasteiger partial charge in [0, 0.05) is 25.5 Å². The molecule has 1 aromatic rings. The van der Waals surface area contributed by atoms with Gasteiger partial charge in [-0.1, -0.05) is 13.0 Å². The molecule has 1 fully saturated rings. The maximum atomic E-state index is 5.83. The third kappa shape index (κ3) is 3.49. The largest absolute Gasteiger partial charge is 0.374 e. The van der Waals surface area contributed by atoms with Gasteiger partial charge in [0.1, 0.15) is 0 Å². The fraction of sp³-hybridized carbons (Fsp3) is 0.615. The van der Waals surface area contributed by atoms with Crippen LogP contribution in [-0.2, 0) is 11.2 Å². The van der Waals surface area contributed by atoms with E-state index in [9.17, 15) is 0 Å². The highest BCUT2D eigenvalue weighted by Gasteiger charge is 2.26. The summed E-state index contributed by atoms with van der Waals surface area (Å²) >= 11 is 0. The van der Waals surface area contributed by atoms with Crippen molar-refractivity contribution in [1.29, 1.82) is 0 Å². The highest BCUT2D eigenvalue weighted by atomic mass is 16.5. The quantitative estimate of drug-likeness (QED) is 0.576. The minimum Gasteiger partial charge on any atom is -0.374 e. The fourth-order valence-electron chi connectivity index (χ4n) is 2.33. The van der Waals surface area contributed by atoms with Crippen LogP contribution < -0.4 is 11.3 Å². The third-order valence-corrected chi connectivity index (χ3v) is 3.47. The van der Waals surface area contributed by atoms with Gasteiger partial charge in [0.2, 0.25) is 0 Å². The molecule has 0 spiro atoms. The van der Waals surface area contributed by atoms with Crippen molar-refractivity contribution in [3.05, 3.63) is 30.1 Å². The van der Waals surface area contributed by atoms with E-state index in [1.165, 1.54) is 5.56 Å². The zero-order valence-corrected chi connectivity index (χ0v) is 10.9. The molecule has 1 saturated heterocycles. The van der Waals surface area contributed by atoms with E-state index in [2.05, 4.69) is 28.3 Å². The predicted molar refractivity (Wildman–Crippen MR) is 70.9 cm³/mol. The van der Waals surface area contributed by atoms with E-state index in [0.717, 1.165) is 32.7 Å². The SMILES string of the molecule is CCN1CCOC(C(Cc2cccnc2)NN)C1. The van der Waals surface area contributed by atoms with Gasteiger partial charge in [0.05, 0.1) is 18.8 Å². The molecule has 18 heavy (non-hydrogen) atoms. The molecule has 2 heterocycles. The van der Waals surface area contributed by atoms with Crippen molar-refractivity contribution in [3.63, 3.8) is 0 Å². The molecule has 1 aliphatic heterocycles. The van der Waals surface area contributed by atoms with Crippen LogP contribution in [0.3, 0.4) is 0 Å². The smallest absolute Gasteiger partial charge is 0.0871 e. The molecule has 1 aliphatic rings. The van der Waals surface area contributed by atoms with Gasteiger partial charge in [-0.3, -0.25) is 21.2 Å². The molecule has 5 heteroatoms. The lowest BCUT2D eigenvalue weighted by Gasteiger charge is -2.36. The van der Waals surface area contributed by atoms with Gasteiger partial charge in [-0.05, 0) is 24.6 Å². The first-order valence-electron chi connectivity index (χ1n) is 6.52. The summed E-state index contributed by atoms with van der Waals surface area (Å²) in [5.41, 5.74) is 4.06. The monoisotopic (exact) mass is 250 g/mol. The minimum atomic E-state index is 0.128. The number of morpholine rings is 1. The van der Waals surface area contributed by atoms with Crippen LogP contribution in [0.15, 0.2) is 24.5 Å². The lowest BCUT2D eigenvalue weighted by molar-refractivity contribution is -0.0448. The number of hydrogen-bond donors (Lipinski definition) is 2. The molecule has 2 rings (SSSR count). The number of ether oxygens (including phenoxy) is 1. The fourth-order valence-corrected chi connectivity index (χ4v) is 2.33. The molecule has 1 aromatic heterocycles. The molecule has 100 valence electrons. The number of likely N-dealkylation sites (N-methyl/N-ethyl adjacent to an activating group) is 1. The Morgan fingerprint density at radius 2 is 2.56 bits per heavy atom. The van der Waals surface area contributed by atoms with Crippen LogP contribution >= 0.6 is 0 Å². The van der Waals surface area contributed by atoms with Crippen LogP contribution in [0.4, 0.5) is 0 Å². The van der Waals surface area contributed by atoms with E-state index in [-0.39, 0.29) is 12.1 Å². The van der Waals surface area contributed by atoms with Crippen LogP contribution in [0.2, 0.25) is 0 Å². The lowest BCUT2D eigenvalue weighted by Crippen LogP contribution is -2.54. The molecule has 0 radical (unpaired) electrons. The third-order valence-electron chi connectivity index (χ3n) is 3.47. The summed E-state index contributed by atoms with van der Waals surface area (Å²) in [6, 6.07) is 4.14. The normalized spacial score (nSPS) is 22.9. The predicted octanol–water partition coefficient (Wildman–Crippen LogP) is 0.177. The zero-order valence-electron chi connectivity index (χ0n) is 10.9. The van der Waals surface area contributed by atoms with Gasteiger partial charge in [-0.2, -0.15) is 0 Å². The molecular formula is C13H22N4O. The highest BCUT2D eigenvalue weighted by molar-refractivity contribution is 5.11. The van der Waals surface area contributed by atoms with Crippen LogP contribution in [0.1, 0.15) is 12.5 Å². The second-order valence-corrected chi connectivity index (χ2v) is 4.64. The maximum absolute atomic E-state index is 5.83. The summed E-state index contributed by atoms with van der Waals surface area (Å²) in [6.45, 7) is 5.96. The first kappa shape index (κ1) is 13.4. The molecular weight excluding hydrogens is 228 g/mol. The first-order valence-corrected chi connectivity index (χ1v) is 6.52. The summed E-state index contributed by atoms with van der Waals surface area (Å²) in [4.78, 5) is 6.52. The number of hydrazine groups is 1. The Bertz CT molecular complexity index is 346. The van der Waals surface area contributed by atoms with E-state index in [1.807, 2.05) is 12.3 Å². The second kappa shape index (κ2) is 6.80. The maximum Gasteiger partial charge on any atom is 0.0871 e. The number of nitrogens with two attached hydrogens (primary N) is 1. The lowest BCUT2D eigenvalue weighted by atomic mass is 10.0. The molecule has 5 nitrogen and oxygen atoms in total. The Morgan fingerprint density at radius 3 is 3.22 bits per heavy atom. The summed E-state index contributed by atoms with van der Waals surface area (Å²) in [5.74, 6) is 5.67. The van der Waals surface area contributed by atoms with Crippen molar-refractivity contribution >= 4 is 0 Å². The number of pyridine rings is 1. The Hall–Kier alpha value is -1.01. The van der Waals surface area contributed by atoms with E-state index < -0.39 is 0 Å². The van der Waals surface area contributed by atoms with Crippen molar-refractivity contribution in [3.8, 4) is 0 Å². The van der Waals surface area contributed by atoms with Gasteiger partial charge in [-0.15, -0.1) is 0 Å². The standard InChI is InChI=1S/C13H22N4O/c1-2-17-6-7-18-13(10-17)12(16-14)8-11-4-3-5-15-9-11/h3-5,9,12-13,16H,2,6-8,10,14H2,1H3. The van der Waals surface area contributed by atoms with Crippen molar-refractivity contribution < 1.29 is 4.74 Å². The average molecular weight is 250 g/mol. The van der Waals surface area contributed by atoms with Crippen molar-refractivity contribution in [2.24, 2.45) is 5.84 Å². The number of hydrogen-bond acceptors (Lipinski definition) is 5. The topological polar surface area (TPSA) is 63.4 Å². The van der Waals surface area contributed by atoms with Crippen molar-refractivity contribution in [2.45, 2.75) is 25.5 Å². The zero-order chi connectivity index (χ0) is 12.8. The van der Waals surface area contributed by atoms with E-state index in [0.29, 0.717) is 0 Å². The summed E-state index contributed by atoms with van der Waals surface area (Å²) in [6.07, 6.45) is 4.64. The minimum absolute atomic E-state index is 0.128. The number of aromatic nitrogens is 1. The van der Waals surface area contributed by atoms with Gasteiger partial charge in [-0.25, -0.2) is 0 Å². The molecule has 3 N–H and O–H groups in total. The average Bonchev–Trinajstić information content (AvgIpc) is 2.46. The Balaban J connectivity index is 1.95. The van der Waals surface area contributed by atoms with Crippen molar-refractivity contribution in [1.82, 2.24) is 15.3 Å². The van der Waals surface area contributed by atoms with Crippen LogP contribution in [0, 0.1) is 0 Å². The van der Waals surface area contributed by atoms with Crippen LogP contribution in [0.25, 0.3) is 0 Å². The molecule has 0 saturated carbocycles. The number of rotatable bonds is 5. The number of nitrogens with zero attached hydrogens (tertiary/aromatic N) is 2. The van der Waals surface area contributed by atoms with Gasteiger partial charge in [0.25, 0.3) is 0 Å². The Labute approximate surface area is 108 Å². The molecule has 2 atom stereocenters. The Kier molecular flexibility index (Phi) is 5.07. The molecule has 0 aromatic carbocycles. The summed E-state index contributed by atoms with van der Waals surface area (Å²) in [5, 5.41) is 0. The Morgan fingerprint density at radius 1 is 1.67 bits per heavy atom. The van der Waals surface area contributed by atoms with Gasteiger partial charge >= 0.3 is 0 Å². The molecule has 0 bridgehead atoms. The van der Waals surface area contributed by atoms with Gasteiger partial charge < -0.3 is 4.74 Å². The number of nitrogens with one attached hydrogen (secondary N) is 1. The van der Waals surface area contributed by atoms with Gasteiger partial charge in [0.15, 0.2) is 0 Å². The molecule has 2 unspecified atom stereocenters. The van der Waals surface area contributed by atoms with E-state index in [4.69, 9.17) is 10.6 Å². The van der Waals surface area contributed by atoms with Crippen LogP contribution in [0.5, 0.6) is 0 Å². The second-order valence-electron chi connectivity index (χ2n) is 4.64. The summed E-state index contributed by atoms with van der Waals surface area (Å²) < 4.78 is 5.83. The first-order chi connectivity index (χ1) is 8.83. The van der Waals surface area contributed by atoms with E-state index >= 15 is 0 Å². The molecule has 0 aliphatic carbocycles. The van der Waals surface area contributed by atoms with Crippen molar-refractivity contribution in [2.75, 3.05) is 26.2 Å².